The summed E-state index contributed by atoms with van der Waals surface area (Å²) in [5.41, 5.74) is 0.0986. The predicted molar refractivity (Wildman–Crippen MR) is 106 cm³/mol. The SMILES string of the molecule is COc1cccc(C2(C)NC(=O)N(CC(=O)Nc3cccc(C(C)=O)c3)C2=O)c1. The lowest BCUT2D eigenvalue weighted by atomic mass is 9.92. The average Bonchev–Trinajstić information content (AvgIpc) is 2.92. The van der Waals surface area contributed by atoms with Crippen molar-refractivity contribution in [1.29, 1.82) is 0 Å². The van der Waals surface area contributed by atoms with Gasteiger partial charge in [-0.05, 0) is 43.7 Å². The number of carbonyl (C=O) groups excluding carboxylic acids is 4. The van der Waals surface area contributed by atoms with Crippen LogP contribution in [0.1, 0.15) is 29.8 Å². The van der Waals surface area contributed by atoms with Crippen LogP contribution in [0.2, 0.25) is 0 Å². The van der Waals surface area contributed by atoms with Crippen LogP contribution in [0, 0.1) is 0 Å². The van der Waals surface area contributed by atoms with Crippen molar-refractivity contribution in [2.45, 2.75) is 19.4 Å². The molecule has 2 aromatic rings. The summed E-state index contributed by atoms with van der Waals surface area (Å²) < 4.78 is 5.18. The summed E-state index contributed by atoms with van der Waals surface area (Å²) in [6.07, 6.45) is 0. The van der Waals surface area contributed by atoms with Crippen molar-refractivity contribution in [1.82, 2.24) is 10.2 Å². The molecule has 2 aromatic carbocycles. The Morgan fingerprint density at radius 3 is 2.55 bits per heavy atom. The van der Waals surface area contributed by atoms with Gasteiger partial charge in [-0.1, -0.05) is 24.3 Å². The quantitative estimate of drug-likeness (QED) is 0.577. The molecule has 0 aromatic heterocycles. The van der Waals surface area contributed by atoms with Crippen LogP contribution >= 0.6 is 0 Å². The van der Waals surface area contributed by atoms with E-state index in [0.29, 0.717) is 22.6 Å². The number of rotatable bonds is 6. The molecule has 2 N–H and O–H groups in total. The molecule has 8 nitrogen and oxygen atoms in total. The fourth-order valence-corrected chi connectivity index (χ4v) is 3.13. The Hall–Kier alpha value is -3.68. The third-order valence-corrected chi connectivity index (χ3v) is 4.78. The van der Waals surface area contributed by atoms with E-state index in [9.17, 15) is 19.2 Å². The number of carbonyl (C=O) groups is 4. The summed E-state index contributed by atoms with van der Waals surface area (Å²) in [6, 6.07) is 12.6. The molecule has 1 aliphatic rings. The van der Waals surface area contributed by atoms with Crippen LogP contribution in [-0.2, 0) is 15.1 Å². The number of amides is 4. The zero-order valence-electron chi connectivity index (χ0n) is 16.3. The molecular weight excluding hydrogens is 374 g/mol. The highest BCUT2D eigenvalue weighted by Gasteiger charge is 2.49. The minimum Gasteiger partial charge on any atom is -0.497 e. The summed E-state index contributed by atoms with van der Waals surface area (Å²) in [5.74, 6) is -0.677. The number of anilines is 1. The van der Waals surface area contributed by atoms with E-state index < -0.39 is 29.9 Å². The Kier molecular flexibility index (Phi) is 5.36. The number of urea groups is 1. The Balaban J connectivity index is 1.75. The van der Waals surface area contributed by atoms with Gasteiger partial charge in [0.05, 0.1) is 7.11 Å². The number of hydrogen-bond donors (Lipinski definition) is 2. The third kappa shape index (κ3) is 3.96. The first-order valence-corrected chi connectivity index (χ1v) is 8.94. The van der Waals surface area contributed by atoms with Crippen molar-refractivity contribution in [3.8, 4) is 5.75 Å². The number of Topliss-reactive ketones (excluding diaryl/α,β-unsaturated/α-hetero) is 1. The van der Waals surface area contributed by atoms with Crippen molar-refractivity contribution in [3.63, 3.8) is 0 Å². The van der Waals surface area contributed by atoms with Crippen molar-refractivity contribution in [2.75, 3.05) is 19.0 Å². The topological polar surface area (TPSA) is 105 Å². The Bertz CT molecular complexity index is 1000. The molecule has 1 unspecified atom stereocenters. The highest BCUT2D eigenvalue weighted by atomic mass is 16.5. The predicted octanol–water partition coefficient (Wildman–Crippen LogP) is 2.30. The molecule has 1 heterocycles. The highest BCUT2D eigenvalue weighted by Crippen LogP contribution is 2.30. The van der Waals surface area contributed by atoms with Crippen molar-refractivity contribution >= 4 is 29.3 Å². The molecule has 3 rings (SSSR count). The second-order valence-corrected chi connectivity index (χ2v) is 6.86. The summed E-state index contributed by atoms with van der Waals surface area (Å²) in [7, 11) is 1.51. The second kappa shape index (κ2) is 7.75. The van der Waals surface area contributed by atoms with Crippen LogP contribution < -0.4 is 15.4 Å². The first-order valence-electron chi connectivity index (χ1n) is 8.94. The standard InChI is InChI=1S/C21H21N3O5/c1-13(25)14-6-4-8-16(10-14)22-18(26)12-24-19(27)21(2,23-20(24)28)15-7-5-9-17(11-15)29-3/h4-11H,12H2,1-3H3,(H,22,26)(H,23,28). The molecule has 150 valence electrons. The number of hydrogen-bond acceptors (Lipinski definition) is 5. The molecule has 1 atom stereocenters. The Morgan fingerprint density at radius 1 is 1.14 bits per heavy atom. The van der Waals surface area contributed by atoms with Gasteiger partial charge < -0.3 is 15.4 Å². The largest absolute Gasteiger partial charge is 0.497 e. The molecule has 1 saturated heterocycles. The first kappa shape index (κ1) is 20.1. The number of nitrogens with zero attached hydrogens (tertiary/aromatic N) is 1. The molecule has 0 radical (unpaired) electrons. The summed E-state index contributed by atoms with van der Waals surface area (Å²) in [5, 5.41) is 5.25. The normalized spacial score (nSPS) is 18.4. The van der Waals surface area contributed by atoms with Gasteiger partial charge in [0, 0.05) is 11.3 Å². The van der Waals surface area contributed by atoms with Crippen LogP contribution in [0.15, 0.2) is 48.5 Å². The lowest BCUT2D eigenvalue weighted by molar-refractivity contribution is -0.133. The number of ketones is 1. The molecule has 0 spiro atoms. The Labute approximate surface area is 167 Å². The maximum absolute atomic E-state index is 12.9. The zero-order chi connectivity index (χ0) is 21.2. The molecular formula is C21H21N3O5. The fourth-order valence-electron chi connectivity index (χ4n) is 3.13. The van der Waals surface area contributed by atoms with Crippen LogP contribution in [0.5, 0.6) is 5.75 Å². The van der Waals surface area contributed by atoms with Crippen molar-refractivity contribution < 1.29 is 23.9 Å². The third-order valence-electron chi connectivity index (χ3n) is 4.78. The molecule has 0 aliphatic carbocycles. The van der Waals surface area contributed by atoms with Gasteiger partial charge in [0.25, 0.3) is 5.91 Å². The maximum atomic E-state index is 12.9. The van der Waals surface area contributed by atoms with Crippen LogP contribution in [-0.4, -0.2) is 42.2 Å². The van der Waals surface area contributed by atoms with Gasteiger partial charge in [-0.25, -0.2) is 4.79 Å². The van der Waals surface area contributed by atoms with E-state index in [0.717, 1.165) is 4.90 Å². The van der Waals surface area contributed by atoms with E-state index in [4.69, 9.17) is 4.74 Å². The second-order valence-electron chi connectivity index (χ2n) is 6.86. The van der Waals surface area contributed by atoms with Gasteiger partial charge in [0.15, 0.2) is 5.78 Å². The smallest absolute Gasteiger partial charge is 0.325 e. The van der Waals surface area contributed by atoms with Gasteiger partial charge in [0.2, 0.25) is 5.91 Å². The number of nitrogens with one attached hydrogen (secondary N) is 2. The molecule has 1 aliphatic heterocycles. The molecule has 0 saturated carbocycles. The van der Waals surface area contributed by atoms with E-state index >= 15 is 0 Å². The molecule has 0 bridgehead atoms. The van der Waals surface area contributed by atoms with Gasteiger partial charge in [0.1, 0.15) is 17.8 Å². The van der Waals surface area contributed by atoms with Crippen molar-refractivity contribution in [2.24, 2.45) is 0 Å². The number of ether oxygens (including phenoxy) is 1. The van der Waals surface area contributed by atoms with E-state index in [-0.39, 0.29) is 5.78 Å². The molecule has 1 fully saturated rings. The molecule has 8 heteroatoms. The van der Waals surface area contributed by atoms with Crippen LogP contribution in [0.3, 0.4) is 0 Å². The fraction of sp³-hybridized carbons (Fsp3) is 0.238. The minimum atomic E-state index is -1.31. The van der Waals surface area contributed by atoms with E-state index in [1.807, 2.05) is 0 Å². The van der Waals surface area contributed by atoms with Gasteiger partial charge in [-0.15, -0.1) is 0 Å². The monoisotopic (exact) mass is 395 g/mol. The van der Waals surface area contributed by atoms with Gasteiger partial charge in [-0.3, -0.25) is 19.3 Å². The number of methoxy groups -OCH3 is 1. The van der Waals surface area contributed by atoms with E-state index in [2.05, 4.69) is 10.6 Å². The summed E-state index contributed by atoms with van der Waals surface area (Å²) >= 11 is 0. The maximum Gasteiger partial charge on any atom is 0.325 e. The Morgan fingerprint density at radius 2 is 1.86 bits per heavy atom. The van der Waals surface area contributed by atoms with Gasteiger partial charge >= 0.3 is 6.03 Å². The van der Waals surface area contributed by atoms with Gasteiger partial charge in [-0.2, -0.15) is 0 Å². The van der Waals surface area contributed by atoms with Crippen LogP contribution in [0.25, 0.3) is 0 Å². The number of benzene rings is 2. The van der Waals surface area contributed by atoms with Crippen molar-refractivity contribution in [3.05, 3.63) is 59.7 Å². The summed E-state index contributed by atoms with van der Waals surface area (Å²) in [6.45, 7) is 2.55. The highest BCUT2D eigenvalue weighted by molar-refractivity contribution is 6.10. The average molecular weight is 395 g/mol. The lowest BCUT2D eigenvalue weighted by Crippen LogP contribution is -2.42. The van der Waals surface area contributed by atoms with E-state index in [1.54, 1.807) is 49.4 Å². The lowest BCUT2D eigenvalue weighted by Gasteiger charge is -2.22. The van der Waals surface area contributed by atoms with E-state index in [1.165, 1.54) is 20.1 Å². The van der Waals surface area contributed by atoms with Crippen LogP contribution in [0.4, 0.5) is 10.5 Å². The zero-order valence-corrected chi connectivity index (χ0v) is 16.3. The number of imide groups is 1. The molecule has 4 amide bonds. The molecule has 29 heavy (non-hydrogen) atoms. The summed E-state index contributed by atoms with van der Waals surface area (Å²) in [4.78, 5) is 50.1. The first-order chi connectivity index (χ1) is 13.7. The minimum absolute atomic E-state index is 0.135.